The van der Waals surface area contributed by atoms with Gasteiger partial charge in [0, 0.05) is 6.54 Å². The van der Waals surface area contributed by atoms with Crippen LogP contribution in [0.4, 0.5) is 4.39 Å². The second kappa shape index (κ2) is 4.33. The van der Waals surface area contributed by atoms with Gasteiger partial charge in [-0.25, -0.2) is 4.39 Å². The maximum atomic E-state index is 13.2. The van der Waals surface area contributed by atoms with Gasteiger partial charge in [0.15, 0.2) is 0 Å². The zero-order valence-corrected chi connectivity index (χ0v) is 8.38. The number of ketones is 1. The summed E-state index contributed by atoms with van der Waals surface area (Å²) in [4.78, 5) is 11.2. The molecule has 2 N–H and O–H groups in total. The van der Waals surface area contributed by atoms with Gasteiger partial charge in [-0.05, 0) is 31.0 Å². The number of halogens is 1. The first-order valence-electron chi connectivity index (χ1n) is 4.52. The van der Waals surface area contributed by atoms with Crippen molar-refractivity contribution < 1.29 is 9.18 Å². The van der Waals surface area contributed by atoms with E-state index in [1.165, 1.54) is 13.0 Å². The van der Waals surface area contributed by atoms with Crippen LogP contribution in [0.15, 0.2) is 18.2 Å². The molecular formula is C11H14FNO. The lowest BCUT2D eigenvalue weighted by Crippen LogP contribution is -2.19. The minimum absolute atomic E-state index is 0.0317. The third-order valence-corrected chi connectivity index (χ3v) is 2.32. The number of carbonyl (C=O) groups excluding carboxylic acids is 1. The van der Waals surface area contributed by atoms with Gasteiger partial charge in [0.25, 0.3) is 0 Å². The Labute approximate surface area is 82.9 Å². The molecule has 1 atom stereocenters. The van der Waals surface area contributed by atoms with Gasteiger partial charge in [0.05, 0.1) is 5.92 Å². The van der Waals surface area contributed by atoms with Gasteiger partial charge in [-0.1, -0.05) is 12.1 Å². The number of hydrogen-bond acceptors (Lipinski definition) is 2. The molecule has 1 rings (SSSR count). The molecule has 0 aliphatic heterocycles. The summed E-state index contributed by atoms with van der Waals surface area (Å²) >= 11 is 0. The van der Waals surface area contributed by atoms with Gasteiger partial charge in [-0.3, -0.25) is 4.79 Å². The van der Waals surface area contributed by atoms with Crippen LogP contribution >= 0.6 is 0 Å². The summed E-state index contributed by atoms with van der Waals surface area (Å²) in [5.74, 6) is -0.706. The summed E-state index contributed by atoms with van der Waals surface area (Å²) in [5.41, 5.74) is 6.68. The average Bonchev–Trinajstić information content (AvgIpc) is 2.11. The van der Waals surface area contributed by atoms with Crippen LogP contribution in [0.5, 0.6) is 0 Å². The largest absolute Gasteiger partial charge is 0.329 e. The predicted molar refractivity (Wildman–Crippen MR) is 53.6 cm³/mol. The van der Waals surface area contributed by atoms with Crippen LogP contribution in [0, 0.1) is 12.7 Å². The number of Topliss-reactive ketones (excluding diaryl/α,β-unsaturated/α-hetero) is 1. The summed E-state index contributed by atoms with van der Waals surface area (Å²) in [5, 5.41) is 0. The number of hydrogen-bond donors (Lipinski definition) is 1. The first-order chi connectivity index (χ1) is 6.56. The minimum atomic E-state index is -0.384. The van der Waals surface area contributed by atoms with Gasteiger partial charge in [-0.15, -0.1) is 0 Å². The Balaban J connectivity index is 3.06. The van der Waals surface area contributed by atoms with E-state index in [2.05, 4.69) is 0 Å². The Kier molecular flexibility index (Phi) is 3.36. The van der Waals surface area contributed by atoms with Gasteiger partial charge in [0.1, 0.15) is 11.6 Å². The summed E-state index contributed by atoms with van der Waals surface area (Å²) in [6.45, 7) is 3.37. The number of benzene rings is 1. The minimum Gasteiger partial charge on any atom is -0.329 e. The Morgan fingerprint density at radius 2 is 2.21 bits per heavy atom. The maximum Gasteiger partial charge on any atom is 0.138 e. The highest BCUT2D eigenvalue weighted by Crippen LogP contribution is 2.18. The van der Waals surface area contributed by atoms with E-state index < -0.39 is 0 Å². The molecule has 0 aliphatic rings. The van der Waals surface area contributed by atoms with Crippen LogP contribution in [-0.2, 0) is 4.79 Å². The molecule has 0 unspecified atom stereocenters. The molecule has 3 heteroatoms. The fourth-order valence-electron chi connectivity index (χ4n) is 1.36. The summed E-state index contributed by atoms with van der Waals surface area (Å²) in [6.07, 6.45) is 0. The van der Waals surface area contributed by atoms with Crippen molar-refractivity contribution in [2.75, 3.05) is 6.54 Å². The molecule has 0 radical (unpaired) electrons. The van der Waals surface area contributed by atoms with E-state index >= 15 is 0 Å². The molecular weight excluding hydrogens is 181 g/mol. The molecule has 2 nitrogen and oxygen atoms in total. The molecule has 14 heavy (non-hydrogen) atoms. The number of carbonyl (C=O) groups is 1. The lowest BCUT2D eigenvalue weighted by molar-refractivity contribution is -0.118. The monoisotopic (exact) mass is 195 g/mol. The van der Waals surface area contributed by atoms with E-state index in [9.17, 15) is 9.18 Å². The average molecular weight is 195 g/mol. The summed E-state index contributed by atoms with van der Waals surface area (Å²) < 4.78 is 13.2. The highest BCUT2D eigenvalue weighted by molar-refractivity contribution is 5.83. The molecule has 0 aliphatic carbocycles. The standard InChI is InChI=1S/C11H14FNO/c1-7-3-4-9(5-11(7)12)10(6-13)8(2)14/h3-5,10H,6,13H2,1-2H3/t10-/m0/s1. The second-order valence-electron chi connectivity index (χ2n) is 3.41. The molecule has 1 aromatic rings. The fraction of sp³-hybridized carbons (Fsp3) is 0.364. The van der Waals surface area contributed by atoms with Crippen molar-refractivity contribution in [3.8, 4) is 0 Å². The Hall–Kier alpha value is -1.22. The van der Waals surface area contributed by atoms with Gasteiger partial charge in [0.2, 0.25) is 0 Å². The molecule has 0 saturated carbocycles. The van der Waals surface area contributed by atoms with E-state index in [-0.39, 0.29) is 24.1 Å². The molecule has 76 valence electrons. The third kappa shape index (κ3) is 2.17. The van der Waals surface area contributed by atoms with Crippen molar-refractivity contribution >= 4 is 5.78 Å². The van der Waals surface area contributed by atoms with E-state index in [1.54, 1.807) is 19.1 Å². The second-order valence-corrected chi connectivity index (χ2v) is 3.41. The first kappa shape index (κ1) is 10.9. The third-order valence-electron chi connectivity index (χ3n) is 2.32. The van der Waals surface area contributed by atoms with Crippen LogP contribution in [0.25, 0.3) is 0 Å². The van der Waals surface area contributed by atoms with Crippen molar-refractivity contribution in [2.45, 2.75) is 19.8 Å². The number of aryl methyl sites for hydroxylation is 1. The SMILES string of the molecule is CC(=O)[C@H](CN)c1ccc(C)c(F)c1. The smallest absolute Gasteiger partial charge is 0.138 e. The van der Waals surface area contributed by atoms with E-state index in [0.29, 0.717) is 11.1 Å². The fourth-order valence-corrected chi connectivity index (χ4v) is 1.36. The zero-order valence-electron chi connectivity index (χ0n) is 8.38. The molecule has 0 saturated heterocycles. The molecule has 0 aromatic heterocycles. The summed E-state index contributed by atoms with van der Waals surface area (Å²) in [6, 6.07) is 4.79. The number of nitrogens with two attached hydrogens (primary N) is 1. The molecule has 0 bridgehead atoms. The molecule has 1 aromatic carbocycles. The molecule has 0 spiro atoms. The van der Waals surface area contributed by atoms with Crippen molar-refractivity contribution in [2.24, 2.45) is 5.73 Å². The van der Waals surface area contributed by atoms with Crippen molar-refractivity contribution in [1.82, 2.24) is 0 Å². The lowest BCUT2D eigenvalue weighted by Gasteiger charge is -2.11. The normalized spacial score (nSPS) is 12.6. The van der Waals surface area contributed by atoms with E-state index in [1.807, 2.05) is 0 Å². The number of rotatable bonds is 3. The van der Waals surface area contributed by atoms with Crippen LogP contribution in [0.1, 0.15) is 24.0 Å². The van der Waals surface area contributed by atoms with Crippen LogP contribution in [0.2, 0.25) is 0 Å². The lowest BCUT2D eigenvalue weighted by atomic mass is 9.95. The quantitative estimate of drug-likeness (QED) is 0.798. The van der Waals surface area contributed by atoms with Gasteiger partial charge < -0.3 is 5.73 Å². The Morgan fingerprint density at radius 3 is 2.64 bits per heavy atom. The predicted octanol–water partition coefficient (Wildman–Crippen LogP) is 1.77. The molecule has 0 fully saturated rings. The topological polar surface area (TPSA) is 43.1 Å². The Bertz CT molecular complexity index is 349. The Morgan fingerprint density at radius 1 is 1.57 bits per heavy atom. The van der Waals surface area contributed by atoms with Crippen molar-refractivity contribution in [3.63, 3.8) is 0 Å². The first-order valence-corrected chi connectivity index (χ1v) is 4.52. The van der Waals surface area contributed by atoms with Crippen LogP contribution in [-0.4, -0.2) is 12.3 Å². The summed E-state index contributed by atoms with van der Waals surface area (Å²) in [7, 11) is 0. The zero-order chi connectivity index (χ0) is 10.7. The highest BCUT2D eigenvalue weighted by Gasteiger charge is 2.15. The highest BCUT2D eigenvalue weighted by atomic mass is 19.1. The molecule has 0 heterocycles. The van der Waals surface area contributed by atoms with Crippen molar-refractivity contribution in [3.05, 3.63) is 35.1 Å². The molecule has 0 amide bonds. The van der Waals surface area contributed by atoms with E-state index in [0.717, 1.165) is 0 Å². The van der Waals surface area contributed by atoms with Crippen LogP contribution < -0.4 is 5.73 Å². The maximum absolute atomic E-state index is 13.2. The van der Waals surface area contributed by atoms with Gasteiger partial charge >= 0.3 is 0 Å². The van der Waals surface area contributed by atoms with Crippen molar-refractivity contribution in [1.29, 1.82) is 0 Å². The van der Waals surface area contributed by atoms with Gasteiger partial charge in [-0.2, -0.15) is 0 Å². The van der Waals surface area contributed by atoms with Crippen LogP contribution in [0.3, 0.4) is 0 Å². The van der Waals surface area contributed by atoms with E-state index in [4.69, 9.17) is 5.73 Å².